The maximum atomic E-state index is 12.8. The fourth-order valence-corrected chi connectivity index (χ4v) is 3.07. The van der Waals surface area contributed by atoms with E-state index >= 15 is 0 Å². The van der Waals surface area contributed by atoms with Crippen LogP contribution in [0.2, 0.25) is 0 Å². The molecule has 2 aliphatic rings. The van der Waals surface area contributed by atoms with E-state index < -0.39 is 30.1 Å². The number of fused-ring (bicyclic) bond motifs is 1. The van der Waals surface area contributed by atoms with E-state index in [1.165, 1.54) is 0 Å². The van der Waals surface area contributed by atoms with Crippen molar-refractivity contribution >= 4 is 17.9 Å². The van der Waals surface area contributed by atoms with Crippen LogP contribution in [0.4, 0.5) is 4.79 Å². The number of carbonyl (C=O) groups is 3. The van der Waals surface area contributed by atoms with Crippen LogP contribution in [0.1, 0.15) is 11.6 Å². The van der Waals surface area contributed by atoms with Gasteiger partial charge >= 0.3 is 6.09 Å². The Morgan fingerprint density at radius 2 is 1.75 bits per heavy atom. The zero-order valence-electron chi connectivity index (χ0n) is 14.9. The molecule has 0 spiro atoms. The number of nitrogens with zero attached hydrogens (tertiary/aromatic N) is 1. The van der Waals surface area contributed by atoms with Crippen LogP contribution >= 0.6 is 0 Å². The third kappa shape index (κ3) is 3.62. The van der Waals surface area contributed by atoms with Gasteiger partial charge in [0.2, 0.25) is 6.10 Å². The molecule has 2 aromatic carbocycles. The minimum atomic E-state index is -0.845. The highest BCUT2D eigenvalue weighted by Gasteiger charge is 2.35. The lowest BCUT2D eigenvalue weighted by Gasteiger charge is -2.28. The second-order valence-corrected chi connectivity index (χ2v) is 6.40. The number of cyclic esters (lactones) is 1. The number of hydrogen-bond donors (Lipinski definition) is 1. The number of hydrogen-bond acceptors (Lipinski definition) is 6. The molecule has 1 saturated heterocycles. The highest BCUT2D eigenvalue weighted by molar-refractivity contribution is 5.97. The number of para-hydroxylation sites is 2. The van der Waals surface area contributed by atoms with Crippen molar-refractivity contribution < 1.29 is 28.6 Å². The average Bonchev–Trinajstić information content (AvgIpc) is 3.05. The summed E-state index contributed by atoms with van der Waals surface area (Å²) >= 11 is 0. The Labute approximate surface area is 161 Å². The molecular formula is C20H18N2O6. The molecule has 0 radical (unpaired) electrons. The SMILES string of the molecule is O=C(N[C@@H](CN1C(=O)COC1=O)c1ccccc1)[C@@H]1COc2ccccc2O1. The Morgan fingerprint density at radius 1 is 1.04 bits per heavy atom. The number of amides is 3. The van der Waals surface area contributed by atoms with Crippen molar-refractivity contribution in [2.45, 2.75) is 12.1 Å². The summed E-state index contributed by atoms with van der Waals surface area (Å²) in [7, 11) is 0. The van der Waals surface area contributed by atoms with Gasteiger partial charge in [-0.25, -0.2) is 9.69 Å². The molecule has 4 rings (SSSR count). The topological polar surface area (TPSA) is 94.2 Å². The summed E-state index contributed by atoms with van der Waals surface area (Å²) in [5, 5.41) is 2.86. The molecule has 2 aliphatic heterocycles. The first kappa shape index (κ1) is 17.8. The normalized spacial score (nSPS) is 19.1. The predicted octanol–water partition coefficient (Wildman–Crippen LogP) is 1.66. The Balaban J connectivity index is 1.50. The third-order valence-electron chi connectivity index (χ3n) is 4.53. The number of ether oxygens (including phenoxy) is 3. The minimum absolute atomic E-state index is 0.0302. The molecule has 0 bridgehead atoms. The van der Waals surface area contributed by atoms with E-state index in [9.17, 15) is 14.4 Å². The quantitative estimate of drug-likeness (QED) is 0.845. The van der Waals surface area contributed by atoms with Crippen LogP contribution in [0.25, 0.3) is 0 Å². The smallest absolute Gasteiger partial charge is 0.417 e. The van der Waals surface area contributed by atoms with Crippen LogP contribution < -0.4 is 14.8 Å². The van der Waals surface area contributed by atoms with Crippen molar-refractivity contribution in [3.8, 4) is 11.5 Å². The Hall–Kier alpha value is -3.55. The second-order valence-electron chi connectivity index (χ2n) is 6.40. The summed E-state index contributed by atoms with van der Waals surface area (Å²) in [5.41, 5.74) is 0.750. The van der Waals surface area contributed by atoms with Crippen molar-refractivity contribution in [3.05, 3.63) is 60.2 Å². The number of carbonyl (C=O) groups excluding carboxylic acids is 3. The number of rotatable bonds is 5. The van der Waals surface area contributed by atoms with E-state index in [0.717, 1.165) is 10.5 Å². The molecule has 1 N–H and O–H groups in total. The molecular weight excluding hydrogens is 364 g/mol. The maximum Gasteiger partial charge on any atom is 0.417 e. The van der Waals surface area contributed by atoms with Gasteiger partial charge in [-0.3, -0.25) is 9.59 Å². The van der Waals surface area contributed by atoms with Gasteiger partial charge in [-0.2, -0.15) is 0 Å². The van der Waals surface area contributed by atoms with Gasteiger partial charge in [-0.05, 0) is 17.7 Å². The van der Waals surface area contributed by atoms with Gasteiger partial charge < -0.3 is 19.5 Å². The van der Waals surface area contributed by atoms with E-state index in [0.29, 0.717) is 11.5 Å². The first-order chi connectivity index (χ1) is 13.6. The van der Waals surface area contributed by atoms with E-state index in [1.807, 2.05) is 36.4 Å². The molecule has 8 nitrogen and oxygen atoms in total. The molecule has 28 heavy (non-hydrogen) atoms. The summed E-state index contributed by atoms with van der Waals surface area (Å²) in [4.78, 5) is 37.5. The van der Waals surface area contributed by atoms with Gasteiger partial charge in [0.1, 0.15) is 6.61 Å². The number of benzene rings is 2. The van der Waals surface area contributed by atoms with Crippen molar-refractivity contribution in [2.75, 3.05) is 19.8 Å². The van der Waals surface area contributed by atoms with Crippen LogP contribution in [0.5, 0.6) is 11.5 Å². The lowest BCUT2D eigenvalue weighted by Crippen LogP contribution is -2.48. The van der Waals surface area contributed by atoms with Crippen LogP contribution in [-0.4, -0.2) is 48.7 Å². The van der Waals surface area contributed by atoms with Crippen molar-refractivity contribution in [2.24, 2.45) is 0 Å². The van der Waals surface area contributed by atoms with Gasteiger partial charge in [0, 0.05) is 0 Å². The van der Waals surface area contributed by atoms with E-state index in [2.05, 4.69) is 5.32 Å². The maximum absolute atomic E-state index is 12.8. The molecule has 0 aromatic heterocycles. The number of imide groups is 1. The fourth-order valence-electron chi connectivity index (χ4n) is 3.07. The summed E-state index contributed by atoms with van der Waals surface area (Å²) in [6, 6.07) is 15.6. The van der Waals surface area contributed by atoms with E-state index in [1.54, 1.807) is 18.2 Å². The predicted molar refractivity (Wildman–Crippen MR) is 96.7 cm³/mol. The molecule has 0 unspecified atom stereocenters. The minimum Gasteiger partial charge on any atom is -0.485 e. The molecule has 1 fully saturated rings. The van der Waals surface area contributed by atoms with Crippen LogP contribution in [0, 0.1) is 0 Å². The van der Waals surface area contributed by atoms with Gasteiger partial charge in [0.15, 0.2) is 18.1 Å². The fraction of sp³-hybridized carbons (Fsp3) is 0.250. The van der Waals surface area contributed by atoms with Crippen molar-refractivity contribution in [3.63, 3.8) is 0 Å². The highest BCUT2D eigenvalue weighted by Crippen LogP contribution is 2.31. The third-order valence-corrected chi connectivity index (χ3v) is 4.53. The molecule has 2 heterocycles. The van der Waals surface area contributed by atoms with Crippen LogP contribution in [0.15, 0.2) is 54.6 Å². The molecule has 8 heteroatoms. The van der Waals surface area contributed by atoms with Gasteiger partial charge in [0.05, 0.1) is 12.6 Å². The largest absolute Gasteiger partial charge is 0.485 e. The van der Waals surface area contributed by atoms with Gasteiger partial charge in [0.25, 0.3) is 11.8 Å². The molecule has 0 saturated carbocycles. The second kappa shape index (κ2) is 7.59. The Kier molecular flexibility index (Phi) is 4.84. The molecule has 2 aromatic rings. The van der Waals surface area contributed by atoms with Gasteiger partial charge in [-0.1, -0.05) is 42.5 Å². The summed E-state index contributed by atoms with van der Waals surface area (Å²) in [6.45, 7) is -0.253. The molecule has 0 aliphatic carbocycles. The van der Waals surface area contributed by atoms with Crippen molar-refractivity contribution in [1.29, 1.82) is 0 Å². The highest BCUT2D eigenvalue weighted by atomic mass is 16.6. The first-order valence-corrected chi connectivity index (χ1v) is 8.83. The van der Waals surface area contributed by atoms with Gasteiger partial charge in [-0.15, -0.1) is 0 Å². The first-order valence-electron chi connectivity index (χ1n) is 8.83. The lowest BCUT2D eigenvalue weighted by atomic mass is 10.1. The Morgan fingerprint density at radius 3 is 2.46 bits per heavy atom. The summed E-state index contributed by atoms with van der Waals surface area (Å²) in [6.07, 6.45) is -1.56. The molecule has 2 atom stereocenters. The summed E-state index contributed by atoms with van der Waals surface area (Å²) < 4.78 is 16.1. The molecule has 3 amide bonds. The van der Waals surface area contributed by atoms with Crippen LogP contribution in [-0.2, 0) is 14.3 Å². The molecule has 144 valence electrons. The zero-order chi connectivity index (χ0) is 19.5. The zero-order valence-corrected chi connectivity index (χ0v) is 14.9. The van der Waals surface area contributed by atoms with Crippen LogP contribution in [0.3, 0.4) is 0 Å². The lowest BCUT2D eigenvalue weighted by molar-refractivity contribution is -0.132. The van der Waals surface area contributed by atoms with Crippen molar-refractivity contribution in [1.82, 2.24) is 10.2 Å². The summed E-state index contributed by atoms with van der Waals surface area (Å²) in [5.74, 6) is 0.231. The van der Waals surface area contributed by atoms with E-state index in [-0.39, 0.29) is 19.8 Å². The standard InChI is InChI=1S/C20H18N2O6/c23-18-12-27-20(25)22(18)10-14(13-6-2-1-3-7-13)21-19(24)17-11-26-15-8-4-5-9-16(15)28-17/h1-9,14,17H,10-12H2,(H,21,24)/t14-,17-/m0/s1. The number of nitrogens with one attached hydrogen (secondary N) is 1. The van der Waals surface area contributed by atoms with E-state index in [4.69, 9.17) is 14.2 Å². The monoisotopic (exact) mass is 382 g/mol. The average molecular weight is 382 g/mol. The Bertz CT molecular complexity index is 885.